The van der Waals surface area contributed by atoms with Gasteiger partial charge in [-0.15, -0.1) is 0 Å². The third-order valence-corrected chi connectivity index (χ3v) is 5.50. The molecule has 4 rings (SSSR count). The summed E-state index contributed by atoms with van der Waals surface area (Å²) in [5, 5.41) is 21.4. The van der Waals surface area contributed by atoms with Crippen LogP contribution in [0.3, 0.4) is 0 Å². The van der Waals surface area contributed by atoms with Crippen LogP contribution in [0.5, 0.6) is 0 Å². The molecule has 0 bridgehead atoms. The van der Waals surface area contributed by atoms with E-state index in [2.05, 4.69) is 33.7 Å². The van der Waals surface area contributed by atoms with E-state index in [9.17, 15) is 14.9 Å². The van der Waals surface area contributed by atoms with Crippen LogP contribution in [0.2, 0.25) is 0 Å². The maximum Gasteiger partial charge on any atom is 0.323 e. The molecule has 1 atom stereocenters. The lowest BCUT2D eigenvalue weighted by molar-refractivity contribution is -0.118. The summed E-state index contributed by atoms with van der Waals surface area (Å²) in [7, 11) is 0. The Morgan fingerprint density at radius 3 is 2.82 bits per heavy atom. The van der Waals surface area contributed by atoms with Crippen LogP contribution in [0, 0.1) is 11.3 Å². The van der Waals surface area contributed by atoms with Gasteiger partial charge in [0.25, 0.3) is 5.91 Å². The summed E-state index contributed by atoms with van der Waals surface area (Å²) in [5.41, 5.74) is 10.3. The van der Waals surface area contributed by atoms with Crippen molar-refractivity contribution in [3.8, 4) is 17.2 Å². The smallest absolute Gasteiger partial charge is 0.323 e. The number of amides is 3. The molecule has 170 valence electrons. The van der Waals surface area contributed by atoms with Gasteiger partial charge in [-0.05, 0) is 35.7 Å². The number of aromatic nitrogens is 2. The summed E-state index contributed by atoms with van der Waals surface area (Å²) in [6, 6.07) is 16.4. The number of carbonyl (C=O) groups excluding carboxylic acids is 2. The molecule has 2 aromatic carbocycles. The second-order valence-electron chi connectivity index (χ2n) is 7.86. The molecular weight excluding hydrogens is 430 g/mol. The molecule has 3 aromatic rings. The molecule has 2 heterocycles. The van der Waals surface area contributed by atoms with Gasteiger partial charge in [0.05, 0.1) is 41.8 Å². The molecular formula is C25H23N7O2. The number of nitrogens with two attached hydrogens (primary N) is 1. The van der Waals surface area contributed by atoms with E-state index < -0.39 is 11.9 Å². The predicted octanol–water partition coefficient (Wildman–Crippen LogP) is 2.64. The van der Waals surface area contributed by atoms with Gasteiger partial charge in [0.2, 0.25) is 0 Å². The Balaban J connectivity index is 1.50. The average Bonchev–Trinajstić information content (AvgIpc) is 3.30. The number of nitrogens with zero attached hydrogens (tertiary/aromatic N) is 3. The van der Waals surface area contributed by atoms with E-state index in [1.54, 1.807) is 16.9 Å². The van der Waals surface area contributed by atoms with Gasteiger partial charge in [0.1, 0.15) is 5.70 Å². The zero-order valence-electron chi connectivity index (χ0n) is 18.5. The standard InChI is InChI=1S/C25H23N7O2/c1-15(29-24(33)23-22(27)16(2)30-25(34)31-23)17-8-5-9-18(10-17)21-12-28-32(14-21)13-20-7-4-3-6-19(20)11-26/h3-10,12,14-15H,2,13,27H2,1H3,(H,29,33)(H2,30,31,34)/t15-/m1/s1. The molecule has 0 saturated heterocycles. The fraction of sp³-hybridized carbons (Fsp3) is 0.120. The molecule has 1 aromatic heterocycles. The first-order valence-electron chi connectivity index (χ1n) is 10.5. The Bertz CT molecular complexity index is 1360. The summed E-state index contributed by atoms with van der Waals surface area (Å²) in [6.45, 7) is 5.97. The van der Waals surface area contributed by atoms with Crippen LogP contribution in [-0.4, -0.2) is 21.7 Å². The molecule has 9 heteroatoms. The van der Waals surface area contributed by atoms with Crippen LogP contribution in [0.15, 0.2) is 84.6 Å². The number of hydrogen-bond donors (Lipinski definition) is 4. The van der Waals surface area contributed by atoms with Gasteiger partial charge in [-0.2, -0.15) is 10.4 Å². The van der Waals surface area contributed by atoms with Crippen molar-refractivity contribution in [1.82, 2.24) is 25.7 Å². The van der Waals surface area contributed by atoms with Crippen LogP contribution in [0.4, 0.5) is 4.79 Å². The first kappa shape index (κ1) is 22.4. The molecule has 5 N–H and O–H groups in total. The van der Waals surface area contributed by atoms with Gasteiger partial charge in [-0.25, -0.2) is 4.79 Å². The SMILES string of the molecule is C=C1NC(=O)NC(C(=O)N[C@H](C)c2cccc(-c3cnn(Cc4ccccc4C#N)c3)c2)=C1N. The van der Waals surface area contributed by atoms with E-state index in [0.717, 1.165) is 22.3 Å². The van der Waals surface area contributed by atoms with E-state index in [0.29, 0.717) is 12.1 Å². The molecule has 0 spiro atoms. The fourth-order valence-corrected chi connectivity index (χ4v) is 3.63. The van der Waals surface area contributed by atoms with Gasteiger partial charge < -0.3 is 21.7 Å². The van der Waals surface area contributed by atoms with Crippen LogP contribution < -0.4 is 21.7 Å². The zero-order valence-corrected chi connectivity index (χ0v) is 18.5. The molecule has 34 heavy (non-hydrogen) atoms. The van der Waals surface area contributed by atoms with Gasteiger partial charge in [0.15, 0.2) is 0 Å². The molecule has 0 fully saturated rings. The lowest BCUT2D eigenvalue weighted by Gasteiger charge is -2.22. The Kier molecular flexibility index (Phi) is 6.14. The normalized spacial score (nSPS) is 14.1. The minimum Gasteiger partial charge on any atom is -0.395 e. The van der Waals surface area contributed by atoms with E-state index in [1.165, 1.54) is 0 Å². The second kappa shape index (κ2) is 9.34. The zero-order chi connectivity index (χ0) is 24.2. The van der Waals surface area contributed by atoms with Crippen molar-refractivity contribution in [1.29, 1.82) is 5.26 Å². The second-order valence-corrected chi connectivity index (χ2v) is 7.86. The number of benzene rings is 2. The minimum atomic E-state index is -0.562. The molecule has 0 radical (unpaired) electrons. The highest BCUT2D eigenvalue weighted by molar-refractivity contribution is 6.00. The number of hydrogen-bond acceptors (Lipinski definition) is 5. The van der Waals surface area contributed by atoms with Crippen LogP contribution in [-0.2, 0) is 11.3 Å². The molecule has 0 saturated carbocycles. The Morgan fingerprint density at radius 2 is 2.03 bits per heavy atom. The highest BCUT2D eigenvalue weighted by atomic mass is 16.2. The van der Waals surface area contributed by atoms with E-state index in [-0.39, 0.29) is 23.1 Å². The van der Waals surface area contributed by atoms with E-state index >= 15 is 0 Å². The topological polar surface area (TPSA) is 138 Å². The number of nitrogens with one attached hydrogen (secondary N) is 3. The Labute approximate surface area is 196 Å². The van der Waals surface area contributed by atoms with Crippen molar-refractivity contribution >= 4 is 11.9 Å². The summed E-state index contributed by atoms with van der Waals surface area (Å²) in [4.78, 5) is 24.4. The summed E-state index contributed by atoms with van der Waals surface area (Å²) in [6.07, 6.45) is 3.68. The Morgan fingerprint density at radius 1 is 1.24 bits per heavy atom. The third kappa shape index (κ3) is 4.66. The van der Waals surface area contributed by atoms with Crippen molar-refractivity contribution in [2.45, 2.75) is 19.5 Å². The third-order valence-electron chi connectivity index (χ3n) is 5.50. The predicted molar refractivity (Wildman–Crippen MR) is 127 cm³/mol. The average molecular weight is 454 g/mol. The van der Waals surface area contributed by atoms with Gasteiger partial charge >= 0.3 is 6.03 Å². The molecule has 0 aliphatic carbocycles. The number of carbonyl (C=O) groups is 2. The molecule has 1 aliphatic heterocycles. The number of urea groups is 1. The molecule has 1 aliphatic rings. The summed E-state index contributed by atoms with van der Waals surface area (Å²) >= 11 is 0. The van der Waals surface area contributed by atoms with Crippen molar-refractivity contribution < 1.29 is 9.59 Å². The fourth-order valence-electron chi connectivity index (χ4n) is 3.63. The first-order valence-corrected chi connectivity index (χ1v) is 10.5. The first-order chi connectivity index (χ1) is 16.4. The van der Waals surface area contributed by atoms with E-state index in [1.807, 2.05) is 55.6 Å². The maximum atomic E-state index is 12.7. The van der Waals surface area contributed by atoms with Crippen molar-refractivity contribution in [2.75, 3.05) is 0 Å². The van der Waals surface area contributed by atoms with Crippen molar-refractivity contribution in [3.63, 3.8) is 0 Å². The van der Waals surface area contributed by atoms with Crippen LogP contribution in [0.1, 0.15) is 29.7 Å². The lowest BCUT2D eigenvalue weighted by atomic mass is 10.0. The highest BCUT2D eigenvalue weighted by Gasteiger charge is 2.25. The lowest BCUT2D eigenvalue weighted by Crippen LogP contribution is -2.47. The maximum absolute atomic E-state index is 12.7. The van der Waals surface area contributed by atoms with E-state index in [4.69, 9.17) is 5.73 Å². The number of rotatable bonds is 6. The molecule has 3 amide bonds. The monoisotopic (exact) mass is 453 g/mol. The summed E-state index contributed by atoms with van der Waals surface area (Å²) in [5.74, 6) is -0.504. The van der Waals surface area contributed by atoms with Gasteiger partial charge in [-0.3, -0.25) is 9.48 Å². The minimum absolute atomic E-state index is 0.0318. The van der Waals surface area contributed by atoms with Crippen LogP contribution >= 0.6 is 0 Å². The Hall–Kier alpha value is -4.84. The molecule has 9 nitrogen and oxygen atoms in total. The van der Waals surface area contributed by atoms with Crippen LogP contribution in [0.25, 0.3) is 11.1 Å². The van der Waals surface area contributed by atoms with Crippen molar-refractivity contribution in [2.24, 2.45) is 5.73 Å². The highest BCUT2D eigenvalue weighted by Crippen LogP contribution is 2.24. The number of nitriles is 1. The van der Waals surface area contributed by atoms with Gasteiger partial charge in [0, 0.05) is 11.8 Å². The molecule has 0 unspecified atom stereocenters. The van der Waals surface area contributed by atoms with Crippen molar-refractivity contribution in [3.05, 3.63) is 101 Å². The van der Waals surface area contributed by atoms with Gasteiger partial charge in [-0.1, -0.05) is 43.0 Å². The summed E-state index contributed by atoms with van der Waals surface area (Å²) < 4.78 is 1.78. The quantitative estimate of drug-likeness (QED) is 0.455. The largest absolute Gasteiger partial charge is 0.395 e.